The highest BCUT2D eigenvalue weighted by Gasteiger charge is 2.35. The first-order valence-corrected chi connectivity index (χ1v) is 9.00. The monoisotopic (exact) mass is 420 g/mol. The Balaban J connectivity index is 1.93. The van der Waals surface area contributed by atoms with Gasteiger partial charge in [-0.15, -0.1) is 0 Å². The van der Waals surface area contributed by atoms with Crippen molar-refractivity contribution in [2.45, 2.75) is 11.1 Å². The summed E-state index contributed by atoms with van der Waals surface area (Å²) in [5.41, 5.74) is -2.70. The number of nitrogens with one attached hydrogen (secondary N) is 2. The third-order valence-electron chi connectivity index (χ3n) is 3.74. The minimum Gasteiger partial charge on any atom is -0.360 e. The molecular weight excluding hydrogens is 410 g/mol. The molecule has 1 aromatic heterocycles. The number of rotatable bonds is 4. The third-order valence-corrected chi connectivity index (χ3v) is 5.08. The highest BCUT2D eigenvalue weighted by Crippen LogP contribution is 2.34. The maximum Gasteiger partial charge on any atom is 0.419 e. The molecule has 4 nitrogen and oxygen atoms in total. The quantitative estimate of drug-likeness (QED) is 0.589. The van der Waals surface area contributed by atoms with Gasteiger partial charge in [0, 0.05) is 23.5 Å². The molecule has 0 aliphatic heterocycles. The number of aromatic amines is 1. The Labute approximate surface area is 154 Å². The fraction of sp³-hybridized carbons (Fsp3) is 0.0588. The SMILES string of the molecule is O=S(=O)(Nc1cc(F)c(C(F)(F)F)cc1F)c1c[nH]c(-c2ccccc2F)c1. The van der Waals surface area contributed by atoms with E-state index in [1.54, 1.807) is 4.72 Å². The second-order valence-corrected chi connectivity index (χ2v) is 7.33. The molecule has 2 aromatic carbocycles. The van der Waals surface area contributed by atoms with Gasteiger partial charge in [0.2, 0.25) is 0 Å². The summed E-state index contributed by atoms with van der Waals surface area (Å²) < 4.78 is 105. The number of hydrogen-bond donors (Lipinski definition) is 2. The minimum absolute atomic E-state index is 0.0655. The Hall–Kier alpha value is -2.95. The molecule has 0 aliphatic rings. The van der Waals surface area contributed by atoms with E-state index in [9.17, 15) is 34.8 Å². The summed E-state index contributed by atoms with van der Waals surface area (Å²) >= 11 is 0. The average Bonchev–Trinajstić information content (AvgIpc) is 3.08. The molecule has 0 atom stereocenters. The molecule has 1 heterocycles. The van der Waals surface area contributed by atoms with Crippen LogP contribution in [-0.2, 0) is 16.2 Å². The molecular formula is C17H10F6N2O2S. The van der Waals surface area contributed by atoms with Gasteiger partial charge in [0.15, 0.2) is 0 Å². The second-order valence-electron chi connectivity index (χ2n) is 5.64. The first-order valence-electron chi connectivity index (χ1n) is 7.51. The van der Waals surface area contributed by atoms with Crippen LogP contribution in [0.15, 0.2) is 53.6 Å². The van der Waals surface area contributed by atoms with Gasteiger partial charge in [0.1, 0.15) is 22.3 Å². The summed E-state index contributed by atoms with van der Waals surface area (Å²) in [5.74, 6) is -4.08. The fourth-order valence-electron chi connectivity index (χ4n) is 2.41. The van der Waals surface area contributed by atoms with E-state index in [2.05, 4.69) is 4.98 Å². The van der Waals surface area contributed by atoms with E-state index < -0.39 is 49.8 Å². The molecule has 0 fully saturated rings. The summed E-state index contributed by atoms with van der Waals surface area (Å²) in [6.07, 6.45) is -4.17. The minimum atomic E-state index is -5.14. The number of anilines is 1. The molecule has 148 valence electrons. The van der Waals surface area contributed by atoms with Gasteiger partial charge in [-0.1, -0.05) is 12.1 Å². The molecule has 0 saturated heterocycles. The van der Waals surface area contributed by atoms with Crippen LogP contribution < -0.4 is 4.72 Å². The molecule has 11 heteroatoms. The van der Waals surface area contributed by atoms with Crippen LogP contribution in [0.4, 0.5) is 32.0 Å². The maximum atomic E-state index is 13.9. The molecule has 3 aromatic rings. The predicted octanol–water partition coefficient (Wildman–Crippen LogP) is 4.92. The van der Waals surface area contributed by atoms with Crippen LogP contribution in [0.5, 0.6) is 0 Å². The number of benzene rings is 2. The van der Waals surface area contributed by atoms with Crippen LogP contribution in [0.25, 0.3) is 11.3 Å². The van der Waals surface area contributed by atoms with E-state index in [0.29, 0.717) is 0 Å². The molecule has 0 radical (unpaired) electrons. The molecule has 0 saturated carbocycles. The zero-order valence-corrected chi connectivity index (χ0v) is 14.4. The Bertz CT molecular complexity index is 1140. The lowest BCUT2D eigenvalue weighted by molar-refractivity contribution is -0.140. The van der Waals surface area contributed by atoms with Crippen molar-refractivity contribution < 1.29 is 34.8 Å². The van der Waals surface area contributed by atoms with Crippen molar-refractivity contribution in [1.82, 2.24) is 4.98 Å². The largest absolute Gasteiger partial charge is 0.419 e. The molecule has 0 unspecified atom stereocenters. The standard InChI is InChI=1S/C17H10F6N2O2S/c18-12-4-2-1-3-10(12)15-5-9(8-24-15)28(26,27)25-16-7-13(19)11(6-14(16)20)17(21,22)23/h1-8,24-25H. The number of halogens is 6. The van der Waals surface area contributed by atoms with E-state index in [0.717, 1.165) is 18.3 Å². The lowest BCUT2D eigenvalue weighted by Crippen LogP contribution is -2.15. The molecule has 3 rings (SSSR count). The summed E-state index contributed by atoms with van der Waals surface area (Å²) in [5, 5.41) is 0. The fourth-order valence-corrected chi connectivity index (χ4v) is 3.46. The molecule has 0 amide bonds. The molecule has 0 aliphatic carbocycles. The van der Waals surface area contributed by atoms with Gasteiger partial charge in [-0.2, -0.15) is 13.2 Å². The van der Waals surface area contributed by atoms with Gasteiger partial charge in [-0.05, 0) is 24.3 Å². The van der Waals surface area contributed by atoms with Crippen LogP contribution in [0.2, 0.25) is 0 Å². The topological polar surface area (TPSA) is 62.0 Å². The van der Waals surface area contributed by atoms with Gasteiger partial charge >= 0.3 is 6.18 Å². The molecule has 2 N–H and O–H groups in total. The van der Waals surface area contributed by atoms with Crippen LogP contribution in [0.3, 0.4) is 0 Å². The van der Waals surface area contributed by atoms with Crippen molar-refractivity contribution in [3.05, 3.63) is 71.7 Å². The van der Waals surface area contributed by atoms with Crippen molar-refractivity contribution in [1.29, 1.82) is 0 Å². The lowest BCUT2D eigenvalue weighted by Gasteiger charge is -2.12. The Morgan fingerprint density at radius 3 is 2.21 bits per heavy atom. The first kappa shape index (κ1) is 19.8. The Morgan fingerprint density at radius 2 is 1.57 bits per heavy atom. The number of hydrogen-bond acceptors (Lipinski definition) is 2. The van der Waals surface area contributed by atoms with Crippen molar-refractivity contribution >= 4 is 15.7 Å². The van der Waals surface area contributed by atoms with E-state index in [1.807, 2.05) is 0 Å². The Morgan fingerprint density at radius 1 is 0.893 bits per heavy atom. The maximum absolute atomic E-state index is 13.9. The predicted molar refractivity (Wildman–Crippen MR) is 88.4 cm³/mol. The number of alkyl halides is 3. The highest BCUT2D eigenvalue weighted by atomic mass is 32.2. The first-order chi connectivity index (χ1) is 13.0. The van der Waals surface area contributed by atoms with E-state index in [-0.39, 0.29) is 23.4 Å². The number of H-pyrrole nitrogens is 1. The summed E-state index contributed by atoms with van der Waals surface area (Å²) in [6, 6.07) is 6.49. The van der Waals surface area contributed by atoms with Gasteiger partial charge in [0.05, 0.1) is 11.3 Å². The number of sulfonamides is 1. The van der Waals surface area contributed by atoms with Gasteiger partial charge in [-0.25, -0.2) is 21.6 Å². The normalized spacial score (nSPS) is 12.2. The van der Waals surface area contributed by atoms with E-state index in [4.69, 9.17) is 0 Å². The summed E-state index contributed by atoms with van der Waals surface area (Å²) in [6.45, 7) is 0. The van der Waals surface area contributed by atoms with Crippen molar-refractivity contribution in [3.63, 3.8) is 0 Å². The van der Waals surface area contributed by atoms with Crippen LogP contribution in [-0.4, -0.2) is 13.4 Å². The average molecular weight is 420 g/mol. The summed E-state index contributed by atoms with van der Waals surface area (Å²) in [7, 11) is -4.49. The van der Waals surface area contributed by atoms with Gasteiger partial charge in [-0.3, -0.25) is 4.72 Å². The van der Waals surface area contributed by atoms with Gasteiger partial charge in [0.25, 0.3) is 10.0 Å². The third kappa shape index (κ3) is 3.84. The molecule has 28 heavy (non-hydrogen) atoms. The van der Waals surface area contributed by atoms with Crippen molar-refractivity contribution in [2.75, 3.05) is 4.72 Å². The van der Waals surface area contributed by atoms with Crippen LogP contribution >= 0.6 is 0 Å². The van der Waals surface area contributed by atoms with Crippen molar-refractivity contribution in [3.8, 4) is 11.3 Å². The van der Waals surface area contributed by atoms with E-state index in [1.165, 1.54) is 18.2 Å². The highest BCUT2D eigenvalue weighted by molar-refractivity contribution is 7.92. The molecule has 0 spiro atoms. The van der Waals surface area contributed by atoms with Gasteiger partial charge < -0.3 is 4.98 Å². The van der Waals surface area contributed by atoms with Crippen LogP contribution in [0, 0.1) is 17.5 Å². The Kier molecular flexibility index (Phi) is 4.88. The van der Waals surface area contributed by atoms with E-state index >= 15 is 0 Å². The number of aromatic nitrogens is 1. The van der Waals surface area contributed by atoms with Crippen LogP contribution in [0.1, 0.15) is 5.56 Å². The molecule has 0 bridgehead atoms. The summed E-state index contributed by atoms with van der Waals surface area (Å²) in [4.78, 5) is 2.08. The zero-order valence-electron chi connectivity index (χ0n) is 13.6. The second kappa shape index (κ2) is 6.89. The zero-order chi connectivity index (χ0) is 20.7. The smallest absolute Gasteiger partial charge is 0.360 e. The lowest BCUT2D eigenvalue weighted by atomic mass is 10.1. The van der Waals surface area contributed by atoms with Crippen molar-refractivity contribution in [2.24, 2.45) is 0 Å².